The number of piperidine rings is 1. The van der Waals surface area contributed by atoms with Crippen molar-refractivity contribution in [3.63, 3.8) is 0 Å². The van der Waals surface area contributed by atoms with Crippen molar-refractivity contribution in [2.45, 2.75) is 31.5 Å². The van der Waals surface area contributed by atoms with Crippen LogP contribution in [0.4, 0.5) is 5.69 Å². The third-order valence-corrected chi connectivity index (χ3v) is 5.06. The van der Waals surface area contributed by atoms with Gasteiger partial charge in [-0.3, -0.25) is 11.1 Å². The minimum Gasteiger partial charge on any atom is -0.490 e. The molecule has 0 radical (unpaired) electrons. The highest BCUT2D eigenvalue weighted by Gasteiger charge is 2.16. The van der Waals surface area contributed by atoms with Crippen LogP contribution >= 0.6 is 23.2 Å². The summed E-state index contributed by atoms with van der Waals surface area (Å²) in [6.45, 7) is 1.98. The lowest BCUT2D eigenvalue weighted by Crippen LogP contribution is -2.56. The maximum absolute atomic E-state index is 6.48. The highest BCUT2D eigenvalue weighted by molar-refractivity contribution is 6.39. The van der Waals surface area contributed by atoms with Gasteiger partial charge in [-0.25, -0.2) is 0 Å². The summed E-state index contributed by atoms with van der Waals surface area (Å²) < 4.78 is 6.04. The standard InChI is InChI=1S/C19H26Cl2N6O/c20-15-9-12(26-19(24)27-18(22)23)10-16(21)17(15)11-1-3-13(4-2-11)28-14-5-7-25-8-6-14/h1-4,9-10,14,18-19,25-27H,5-8,22-24H2. The summed E-state index contributed by atoms with van der Waals surface area (Å²) in [5.41, 5.74) is 19.1. The molecule has 1 unspecified atom stereocenters. The Hall–Kier alpha value is -1.58. The first-order valence-corrected chi connectivity index (χ1v) is 9.94. The predicted molar refractivity (Wildman–Crippen MR) is 115 cm³/mol. The Bertz CT molecular complexity index is 757. The molecule has 3 rings (SSSR count). The van der Waals surface area contributed by atoms with Gasteiger partial charge in [-0.2, -0.15) is 0 Å². The lowest BCUT2D eigenvalue weighted by molar-refractivity contribution is 0.162. The van der Waals surface area contributed by atoms with Crippen LogP contribution in [0.1, 0.15) is 12.8 Å². The quantitative estimate of drug-likeness (QED) is 0.376. The van der Waals surface area contributed by atoms with Crippen LogP contribution in [0.15, 0.2) is 36.4 Å². The number of rotatable bonds is 7. The van der Waals surface area contributed by atoms with E-state index in [1.807, 2.05) is 24.3 Å². The molecule has 2 aromatic rings. The van der Waals surface area contributed by atoms with Crippen molar-refractivity contribution < 1.29 is 4.74 Å². The molecule has 1 saturated heterocycles. The van der Waals surface area contributed by atoms with Crippen molar-refractivity contribution >= 4 is 28.9 Å². The zero-order valence-electron chi connectivity index (χ0n) is 15.4. The number of halogens is 2. The molecule has 9 N–H and O–H groups in total. The molecular formula is C19H26Cl2N6O. The summed E-state index contributed by atoms with van der Waals surface area (Å²) in [7, 11) is 0. The fourth-order valence-electron chi connectivity index (χ4n) is 3.17. The van der Waals surface area contributed by atoms with Crippen molar-refractivity contribution in [1.82, 2.24) is 10.6 Å². The van der Waals surface area contributed by atoms with Crippen LogP contribution < -0.4 is 37.9 Å². The summed E-state index contributed by atoms with van der Waals surface area (Å²) in [4.78, 5) is 0. The molecule has 1 fully saturated rings. The van der Waals surface area contributed by atoms with E-state index in [2.05, 4.69) is 16.0 Å². The van der Waals surface area contributed by atoms with E-state index in [9.17, 15) is 0 Å². The molecule has 1 aliphatic rings. The van der Waals surface area contributed by atoms with Gasteiger partial charge in [0.1, 0.15) is 24.4 Å². The Morgan fingerprint density at radius 3 is 2.18 bits per heavy atom. The zero-order chi connectivity index (χ0) is 20.1. The third-order valence-electron chi connectivity index (χ3n) is 4.47. The van der Waals surface area contributed by atoms with Gasteiger partial charge in [-0.1, -0.05) is 35.3 Å². The minimum absolute atomic E-state index is 0.254. The van der Waals surface area contributed by atoms with Gasteiger partial charge in [0, 0.05) is 11.3 Å². The summed E-state index contributed by atoms with van der Waals surface area (Å²) >= 11 is 13.0. The minimum atomic E-state index is -0.738. The van der Waals surface area contributed by atoms with E-state index < -0.39 is 12.6 Å². The monoisotopic (exact) mass is 424 g/mol. The molecule has 9 heteroatoms. The van der Waals surface area contributed by atoms with Crippen molar-refractivity contribution in [1.29, 1.82) is 0 Å². The largest absolute Gasteiger partial charge is 0.490 e. The first-order chi connectivity index (χ1) is 13.4. The van der Waals surface area contributed by atoms with Crippen LogP contribution in [-0.4, -0.2) is 31.8 Å². The van der Waals surface area contributed by atoms with Gasteiger partial charge >= 0.3 is 0 Å². The van der Waals surface area contributed by atoms with Crippen molar-refractivity contribution in [2.75, 3.05) is 18.4 Å². The van der Waals surface area contributed by atoms with Crippen LogP contribution in [-0.2, 0) is 0 Å². The Kier molecular flexibility index (Phi) is 7.36. The molecule has 152 valence electrons. The van der Waals surface area contributed by atoms with E-state index in [4.69, 9.17) is 45.1 Å². The summed E-state index contributed by atoms with van der Waals surface area (Å²) in [5.74, 6) is 0.844. The number of benzene rings is 2. The molecule has 0 aliphatic carbocycles. The molecule has 1 atom stereocenters. The number of anilines is 1. The van der Waals surface area contributed by atoms with Gasteiger partial charge in [0.2, 0.25) is 0 Å². The number of ether oxygens (including phenoxy) is 1. The van der Waals surface area contributed by atoms with Gasteiger partial charge in [0.05, 0.1) is 10.0 Å². The lowest BCUT2D eigenvalue weighted by Gasteiger charge is -2.24. The Balaban J connectivity index is 1.72. The summed E-state index contributed by atoms with van der Waals surface area (Å²) in [6.07, 6.45) is 0.909. The first kappa shape index (κ1) is 21.1. The summed E-state index contributed by atoms with van der Waals surface area (Å²) in [5, 5.41) is 10.1. The van der Waals surface area contributed by atoms with Crippen LogP contribution in [0, 0.1) is 0 Å². The van der Waals surface area contributed by atoms with Gasteiger partial charge in [-0.05, 0) is 55.8 Å². The molecular weight excluding hydrogens is 399 g/mol. The second kappa shape index (κ2) is 9.76. The lowest BCUT2D eigenvalue weighted by atomic mass is 10.0. The van der Waals surface area contributed by atoms with Crippen molar-refractivity contribution in [3.05, 3.63) is 46.4 Å². The SMILES string of the molecule is NC(N)NC(N)Nc1cc(Cl)c(-c2ccc(OC3CCNCC3)cc2)c(Cl)c1. The fraction of sp³-hybridized carbons (Fsp3) is 0.368. The molecule has 0 spiro atoms. The third kappa shape index (κ3) is 5.71. The van der Waals surface area contributed by atoms with Gasteiger partial charge in [0.25, 0.3) is 0 Å². The second-order valence-corrected chi connectivity index (χ2v) is 7.54. The maximum atomic E-state index is 6.48. The highest BCUT2D eigenvalue weighted by atomic mass is 35.5. The number of hydrogen-bond acceptors (Lipinski definition) is 7. The second-order valence-electron chi connectivity index (χ2n) is 6.72. The average Bonchev–Trinajstić information content (AvgIpc) is 2.62. The van der Waals surface area contributed by atoms with Crippen molar-refractivity contribution in [3.8, 4) is 16.9 Å². The van der Waals surface area contributed by atoms with Gasteiger partial charge in [-0.15, -0.1) is 0 Å². The molecule has 2 aromatic carbocycles. The van der Waals surface area contributed by atoms with Gasteiger partial charge in [0.15, 0.2) is 0 Å². The fourth-order valence-corrected chi connectivity index (χ4v) is 3.87. The van der Waals surface area contributed by atoms with Crippen LogP contribution in [0.3, 0.4) is 0 Å². The number of nitrogens with two attached hydrogens (primary N) is 3. The first-order valence-electron chi connectivity index (χ1n) is 9.18. The van der Waals surface area contributed by atoms with E-state index in [1.54, 1.807) is 12.1 Å². The van der Waals surface area contributed by atoms with E-state index in [0.717, 1.165) is 42.8 Å². The molecule has 0 aromatic heterocycles. The van der Waals surface area contributed by atoms with Crippen molar-refractivity contribution in [2.24, 2.45) is 17.2 Å². The Morgan fingerprint density at radius 2 is 1.61 bits per heavy atom. The van der Waals surface area contributed by atoms with Crippen LogP contribution in [0.5, 0.6) is 5.75 Å². The molecule has 0 amide bonds. The predicted octanol–water partition coefficient (Wildman–Crippen LogP) is 2.24. The van der Waals surface area contributed by atoms with Crippen LogP contribution in [0.2, 0.25) is 10.0 Å². The molecule has 0 bridgehead atoms. The molecule has 1 aliphatic heterocycles. The maximum Gasteiger partial charge on any atom is 0.132 e. The highest BCUT2D eigenvalue weighted by Crippen LogP contribution is 2.38. The molecule has 1 heterocycles. The van der Waals surface area contributed by atoms with E-state index in [-0.39, 0.29) is 6.10 Å². The smallest absolute Gasteiger partial charge is 0.132 e. The normalized spacial score (nSPS) is 16.2. The molecule has 0 saturated carbocycles. The summed E-state index contributed by atoms with van der Waals surface area (Å²) in [6, 6.07) is 11.3. The molecule has 7 nitrogen and oxygen atoms in total. The van der Waals surface area contributed by atoms with E-state index in [1.165, 1.54) is 0 Å². The Labute approximate surface area is 174 Å². The van der Waals surface area contributed by atoms with Crippen LogP contribution in [0.25, 0.3) is 11.1 Å². The van der Waals surface area contributed by atoms with E-state index >= 15 is 0 Å². The Morgan fingerprint density at radius 1 is 1.00 bits per heavy atom. The zero-order valence-corrected chi connectivity index (χ0v) is 16.9. The average molecular weight is 425 g/mol. The molecule has 28 heavy (non-hydrogen) atoms. The number of hydrogen-bond donors (Lipinski definition) is 6. The topological polar surface area (TPSA) is 123 Å². The van der Waals surface area contributed by atoms with Gasteiger partial charge < -0.3 is 26.8 Å². The van der Waals surface area contributed by atoms with E-state index in [0.29, 0.717) is 15.7 Å². The number of nitrogens with one attached hydrogen (secondary N) is 3.